The van der Waals surface area contributed by atoms with Gasteiger partial charge in [-0.1, -0.05) is 12.8 Å². The zero-order valence-electron chi connectivity index (χ0n) is 6.05. The summed E-state index contributed by atoms with van der Waals surface area (Å²) < 4.78 is 0. The molecule has 0 saturated heterocycles. The molecule has 0 saturated carbocycles. The molecule has 0 aliphatic rings. The molecule has 0 heterocycles. The molecule has 0 aliphatic heterocycles. The van der Waals surface area contributed by atoms with Gasteiger partial charge in [-0.3, -0.25) is 4.79 Å². The topological polar surface area (TPSA) is 37.3 Å². The fourth-order valence-corrected chi connectivity index (χ4v) is 0.900. The Morgan fingerprint density at radius 3 is 2.30 bits per heavy atom. The molecule has 0 aliphatic carbocycles. The molecule has 0 amide bonds. The molecule has 0 aromatic rings. The van der Waals surface area contributed by atoms with Crippen molar-refractivity contribution in [1.82, 2.24) is 0 Å². The molecule has 0 atom stereocenters. The van der Waals surface area contributed by atoms with Gasteiger partial charge in [0.1, 0.15) is 0 Å². The fraction of sp³-hybridized carbons (Fsp3) is 0.857. The third-order valence-corrected chi connectivity index (χ3v) is 1.52. The quantitative estimate of drug-likeness (QED) is 0.457. The lowest BCUT2D eigenvalue weighted by Gasteiger charge is -1.95. The number of hydrogen-bond acceptors (Lipinski definition) is 2. The highest BCUT2D eigenvalue weighted by molar-refractivity contribution is 7.96. The normalized spacial score (nSPS) is 9.80. The first-order chi connectivity index (χ1) is 4.77. The van der Waals surface area contributed by atoms with Crippen molar-refractivity contribution >= 4 is 17.7 Å². The Balaban J connectivity index is 2.84. The van der Waals surface area contributed by atoms with Gasteiger partial charge in [0.2, 0.25) is 0 Å². The van der Waals surface area contributed by atoms with Gasteiger partial charge in [0.25, 0.3) is 0 Å². The molecule has 0 fully saturated rings. The minimum Gasteiger partial charge on any atom is -0.396 e. The summed E-state index contributed by atoms with van der Waals surface area (Å²) >= 11 is 3.63. The van der Waals surface area contributed by atoms with Crippen molar-refractivity contribution in [2.75, 3.05) is 6.61 Å². The van der Waals surface area contributed by atoms with Crippen LogP contribution in [0.3, 0.4) is 0 Å². The molecular formula is C7H14O2S. The molecule has 3 heteroatoms. The molecule has 0 bridgehead atoms. The van der Waals surface area contributed by atoms with Crippen molar-refractivity contribution in [2.45, 2.75) is 32.1 Å². The summed E-state index contributed by atoms with van der Waals surface area (Å²) in [4.78, 5) is 10.3. The summed E-state index contributed by atoms with van der Waals surface area (Å²) in [7, 11) is 0. The van der Waals surface area contributed by atoms with Crippen LogP contribution in [-0.2, 0) is 4.79 Å². The Bertz CT molecular complexity index is 93.6. The van der Waals surface area contributed by atoms with Crippen LogP contribution in [0.15, 0.2) is 0 Å². The zero-order valence-corrected chi connectivity index (χ0v) is 6.94. The maximum Gasteiger partial charge on any atom is 0.185 e. The van der Waals surface area contributed by atoms with Crippen molar-refractivity contribution in [3.05, 3.63) is 0 Å². The number of aliphatic hydroxyl groups excluding tert-OH is 1. The van der Waals surface area contributed by atoms with Crippen LogP contribution in [0.1, 0.15) is 32.1 Å². The van der Waals surface area contributed by atoms with Crippen LogP contribution >= 0.6 is 12.6 Å². The second kappa shape index (κ2) is 7.09. The van der Waals surface area contributed by atoms with Gasteiger partial charge < -0.3 is 5.11 Å². The lowest BCUT2D eigenvalue weighted by Crippen LogP contribution is -1.87. The van der Waals surface area contributed by atoms with E-state index in [-0.39, 0.29) is 11.7 Å². The number of carbonyl (C=O) groups is 1. The van der Waals surface area contributed by atoms with Crippen molar-refractivity contribution in [3.63, 3.8) is 0 Å². The van der Waals surface area contributed by atoms with Gasteiger partial charge in [-0.05, 0) is 12.8 Å². The molecule has 0 radical (unpaired) electrons. The highest BCUT2D eigenvalue weighted by Gasteiger charge is 1.93. The Hall–Kier alpha value is -0.0200. The second-order valence-electron chi connectivity index (χ2n) is 2.28. The van der Waals surface area contributed by atoms with E-state index in [9.17, 15) is 4.79 Å². The number of hydrogen-bond donors (Lipinski definition) is 2. The van der Waals surface area contributed by atoms with Gasteiger partial charge in [-0.15, -0.1) is 12.6 Å². The minimum absolute atomic E-state index is 0.0380. The van der Waals surface area contributed by atoms with Crippen molar-refractivity contribution < 1.29 is 9.90 Å². The Morgan fingerprint density at radius 1 is 1.20 bits per heavy atom. The number of rotatable bonds is 6. The monoisotopic (exact) mass is 162 g/mol. The second-order valence-corrected chi connectivity index (χ2v) is 2.78. The van der Waals surface area contributed by atoms with Crippen LogP contribution in [0, 0.1) is 0 Å². The predicted octanol–water partition coefficient (Wildman–Crippen LogP) is 1.39. The summed E-state index contributed by atoms with van der Waals surface area (Å²) in [5.74, 6) is 0. The van der Waals surface area contributed by atoms with Crippen LogP contribution in [0.2, 0.25) is 0 Å². The van der Waals surface area contributed by atoms with E-state index in [0.29, 0.717) is 6.42 Å². The van der Waals surface area contributed by atoms with Crippen molar-refractivity contribution in [3.8, 4) is 0 Å². The van der Waals surface area contributed by atoms with Crippen molar-refractivity contribution in [2.24, 2.45) is 0 Å². The summed E-state index contributed by atoms with van der Waals surface area (Å²) in [6.45, 7) is 0.259. The molecule has 10 heavy (non-hydrogen) atoms. The number of unbranched alkanes of at least 4 members (excludes halogenated alkanes) is 3. The maximum absolute atomic E-state index is 10.3. The van der Waals surface area contributed by atoms with E-state index in [0.717, 1.165) is 25.7 Å². The molecule has 0 rings (SSSR count). The van der Waals surface area contributed by atoms with E-state index < -0.39 is 0 Å². The third kappa shape index (κ3) is 7.98. The predicted molar refractivity (Wildman–Crippen MR) is 44.2 cm³/mol. The first-order valence-corrected chi connectivity index (χ1v) is 4.04. The lowest BCUT2D eigenvalue weighted by molar-refractivity contribution is -0.110. The van der Waals surface area contributed by atoms with E-state index in [1.807, 2.05) is 0 Å². The van der Waals surface area contributed by atoms with Crippen LogP contribution in [0.5, 0.6) is 0 Å². The standard InChI is InChI=1S/C7H14O2S/c8-6-4-2-1-3-5-7(9)10/h8H,1-6H2,(H,9,10). The highest BCUT2D eigenvalue weighted by atomic mass is 32.1. The summed E-state index contributed by atoms with van der Waals surface area (Å²) in [5, 5.41) is 8.35. The molecule has 1 N–H and O–H groups in total. The van der Waals surface area contributed by atoms with Crippen LogP contribution in [0.25, 0.3) is 0 Å². The molecule has 0 spiro atoms. The summed E-state index contributed by atoms with van der Waals surface area (Å²) in [6, 6.07) is 0. The van der Waals surface area contributed by atoms with E-state index >= 15 is 0 Å². The van der Waals surface area contributed by atoms with Crippen LogP contribution < -0.4 is 0 Å². The Kier molecular flexibility index (Phi) is 7.08. The Labute approximate surface area is 67.0 Å². The van der Waals surface area contributed by atoms with Crippen LogP contribution in [-0.4, -0.2) is 16.8 Å². The highest BCUT2D eigenvalue weighted by Crippen LogP contribution is 2.03. The molecular weight excluding hydrogens is 148 g/mol. The molecule has 2 nitrogen and oxygen atoms in total. The van der Waals surface area contributed by atoms with Crippen molar-refractivity contribution in [1.29, 1.82) is 0 Å². The maximum atomic E-state index is 10.3. The number of carbonyl (C=O) groups excluding carboxylic acids is 1. The fourth-order valence-electron chi connectivity index (χ4n) is 0.742. The molecule has 60 valence electrons. The van der Waals surface area contributed by atoms with E-state index in [4.69, 9.17) is 5.11 Å². The van der Waals surface area contributed by atoms with Gasteiger partial charge in [-0.2, -0.15) is 0 Å². The summed E-state index contributed by atoms with van der Waals surface area (Å²) in [5.41, 5.74) is 0. The van der Waals surface area contributed by atoms with Gasteiger partial charge in [0, 0.05) is 13.0 Å². The van der Waals surface area contributed by atoms with Crippen LogP contribution in [0.4, 0.5) is 0 Å². The average Bonchev–Trinajstić information content (AvgIpc) is 1.87. The molecule has 0 aromatic carbocycles. The van der Waals surface area contributed by atoms with Gasteiger partial charge in [0.15, 0.2) is 5.12 Å². The zero-order chi connectivity index (χ0) is 7.82. The Morgan fingerprint density at radius 2 is 1.80 bits per heavy atom. The molecule has 0 aromatic heterocycles. The lowest BCUT2D eigenvalue weighted by atomic mass is 10.2. The minimum atomic E-state index is -0.0380. The third-order valence-electron chi connectivity index (χ3n) is 1.30. The smallest absolute Gasteiger partial charge is 0.185 e. The SMILES string of the molecule is O=C(S)CCCCCCO. The van der Waals surface area contributed by atoms with Gasteiger partial charge in [-0.25, -0.2) is 0 Å². The first-order valence-electron chi connectivity index (χ1n) is 3.60. The summed E-state index contributed by atoms with van der Waals surface area (Å²) in [6.07, 6.45) is 4.35. The van der Waals surface area contributed by atoms with Gasteiger partial charge in [0.05, 0.1) is 0 Å². The van der Waals surface area contributed by atoms with E-state index in [1.165, 1.54) is 0 Å². The largest absolute Gasteiger partial charge is 0.396 e. The van der Waals surface area contributed by atoms with E-state index in [1.54, 1.807) is 0 Å². The number of thiol groups is 1. The number of aliphatic hydroxyl groups is 1. The average molecular weight is 162 g/mol. The van der Waals surface area contributed by atoms with E-state index in [2.05, 4.69) is 12.6 Å². The molecule has 0 unspecified atom stereocenters. The first kappa shape index (κ1) is 9.98. The van der Waals surface area contributed by atoms with Gasteiger partial charge >= 0.3 is 0 Å².